The summed E-state index contributed by atoms with van der Waals surface area (Å²) in [7, 11) is 0. The zero-order valence-electron chi connectivity index (χ0n) is 12.2. The Bertz CT molecular complexity index is 666. The van der Waals surface area contributed by atoms with Gasteiger partial charge in [0.05, 0.1) is 10.9 Å². The molecule has 0 bridgehead atoms. The molecule has 2 nitrogen and oxygen atoms in total. The van der Waals surface area contributed by atoms with Crippen molar-refractivity contribution >= 4 is 22.6 Å². The molecule has 2 aromatic rings. The van der Waals surface area contributed by atoms with Gasteiger partial charge in [-0.05, 0) is 31.7 Å². The van der Waals surface area contributed by atoms with Gasteiger partial charge in [-0.2, -0.15) is 0 Å². The van der Waals surface area contributed by atoms with Crippen molar-refractivity contribution in [3.05, 3.63) is 29.6 Å². The fourth-order valence-electron chi connectivity index (χ4n) is 3.44. The Labute approximate surface area is 128 Å². The van der Waals surface area contributed by atoms with Gasteiger partial charge in [0.1, 0.15) is 17.2 Å². The van der Waals surface area contributed by atoms with Gasteiger partial charge in [-0.3, -0.25) is 0 Å². The Morgan fingerprint density at radius 1 is 1.33 bits per heavy atom. The molecular formula is C16H19ClF2N2. The number of hydrogen-bond donors (Lipinski definition) is 0. The number of aromatic nitrogens is 2. The second-order valence-corrected chi connectivity index (χ2v) is 6.79. The minimum absolute atomic E-state index is 0.219. The first-order chi connectivity index (χ1) is 9.97. The van der Waals surface area contributed by atoms with Gasteiger partial charge in [-0.1, -0.05) is 19.8 Å². The minimum Gasteiger partial charge on any atom is -0.323 e. The first-order valence-electron chi connectivity index (χ1n) is 7.48. The van der Waals surface area contributed by atoms with E-state index in [9.17, 15) is 8.78 Å². The Kier molecular flexibility index (Phi) is 3.91. The molecular weight excluding hydrogens is 294 g/mol. The Morgan fingerprint density at radius 3 is 2.76 bits per heavy atom. The van der Waals surface area contributed by atoms with Crippen LogP contribution in [0.4, 0.5) is 8.78 Å². The summed E-state index contributed by atoms with van der Waals surface area (Å²) < 4.78 is 29.6. The van der Waals surface area contributed by atoms with Crippen molar-refractivity contribution in [2.75, 3.05) is 0 Å². The Balaban J connectivity index is 2.20. The first-order valence-corrected chi connectivity index (χ1v) is 7.92. The normalized spacial score (nSPS) is 24.4. The topological polar surface area (TPSA) is 17.8 Å². The van der Waals surface area contributed by atoms with Gasteiger partial charge >= 0.3 is 0 Å². The van der Waals surface area contributed by atoms with Crippen molar-refractivity contribution < 1.29 is 8.78 Å². The highest BCUT2D eigenvalue weighted by Gasteiger charge is 2.27. The molecule has 0 saturated heterocycles. The van der Waals surface area contributed by atoms with Crippen LogP contribution in [0.3, 0.4) is 0 Å². The summed E-state index contributed by atoms with van der Waals surface area (Å²) in [5.74, 6) is 0.0540. The molecule has 0 amide bonds. The van der Waals surface area contributed by atoms with Crippen LogP contribution in [0.1, 0.15) is 56.8 Å². The lowest BCUT2D eigenvalue weighted by Gasteiger charge is -2.30. The van der Waals surface area contributed by atoms with Crippen molar-refractivity contribution in [3.63, 3.8) is 0 Å². The molecule has 1 aliphatic rings. The van der Waals surface area contributed by atoms with E-state index in [-0.39, 0.29) is 16.9 Å². The number of alkyl halides is 1. The fraction of sp³-hybridized carbons (Fsp3) is 0.562. The quantitative estimate of drug-likeness (QED) is 0.682. The average Bonchev–Trinajstić information content (AvgIpc) is 2.78. The number of nitrogens with zero attached hydrogens (tertiary/aromatic N) is 2. The van der Waals surface area contributed by atoms with Gasteiger partial charge < -0.3 is 4.57 Å². The van der Waals surface area contributed by atoms with Gasteiger partial charge in [0.15, 0.2) is 5.82 Å². The molecule has 0 spiro atoms. The number of benzene rings is 1. The number of imidazole rings is 1. The minimum atomic E-state index is -0.619. The molecule has 1 aromatic heterocycles. The molecule has 0 radical (unpaired) electrons. The fourth-order valence-corrected chi connectivity index (χ4v) is 3.59. The van der Waals surface area contributed by atoms with E-state index in [4.69, 9.17) is 11.6 Å². The highest BCUT2D eigenvalue weighted by Crippen LogP contribution is 2.38. The molecule has 1 saturated carbocycles. The van der Waals surface area contributed by atoms with Gasteiger partial charge in [-0.15, -0.1) is 11.6 Å². The number of halogens is 3. The summed E-state index contributed by atoms with van der Waals surface area (Å²) in [5, 5.41) is -0.336. The second-order valence-electron chi connectivity index (χ2n) is 6.14. The van der Waals surface area contributed by atoms with Crippen molar-refractivity contribution in [1.29, 1.82) is 0 Å². The van der Waals surface area contributed by atoms with Gasteiger partial charge in [0, 0.05) is 12.1 Å². The van der Waals surface area contributed by atoms with Gasteiger partial charge in [0.2, 0.25) is 0 Å². The lowest BCUT2D eigenvalue weighted by atomic mass is 9.86. The van der Waals surface area contributed by atoms with Crippen molar-refractivity contribution in [1.82, 2.24) is 9.55 Å². The summed E-state index contributed by atoms with van der Waals surface area (Å²) in [6.07, 6.45) is 4.34. The van der Waals surface area contributed by atoms with Gasteiger partial charge in [-0.25, -0.2) is 13.8 Å². The van der Waals surface area contributed by atoms with E-state index in [0.29, 0.717) is 17.3 Å². The summed E-state index contributed by atoms with van der Waals surface area (Å²) in [4.78, 5) is 4.34. The molecule has 1 aromatic carbocycles. The van der Waals surface area contributed by atoms with Crippen LogP contribution in [0.2, 0.25) is 0 Å². The van der Waals surface area contributed by atoms with E-state index in [0.717, 1.165) is 25.3 Å². The zero-order chi connectivity index (χ0) is 15.1. The van der Waals surface area contributed by atoms with E-state index >= 15 is 0 Å². The summed E-state index contributed by atoms with van der Waals surface area (Å²) >= 11 is 6.23. The van der Waals surface area contributed by atoms with Crippen LogP contribution in [-0.2, 0) is 0 Å². The molecule has 3 unspecified atom stereocenters. The predicted octanol–water partition coefficient (Wildman–Crippen LogP) is 5.37. The molecule has 0 aliphatic heterocycles. The maximum absolute atomic E-state index is 14.0. The lowest BCUT2D eigenvalue weighted by molar-refractivity contribution is 0.282. The number of fused-ring (bicyclic) bond motifs is 1. The van der Waals surface area contributed by atoms with Crippen LogP contribution >= 0.6 is 11.6 Å². The third-order valence-corrected chi connectivity index (χ3v) is 4.57. The van der Waals surface area contributed by atoms with Crippen LogP contribution in [-0.4, -0.2) is 9.55 Å². The van der Waals surface area contributed by atoms with Gasteiger partial charge in [0.25, 0.3) is 0 Å². The summed E-state index contributed by atoms with van der Waals surface area (Å²) in [5.41, 5.74) is 0.742. The van der Waals surface area contributed by atoms with E-state index in [2.05, 4.69) is 11.9 Å². The van der Waals surface area contributed by atoms with Crippen LogP contribution in [0.15, 0.2) is 12.1 Å². The SMILES string of the molecule is CC1CCCC(n2c(C(C)Cl)nc3c(F)cc(F)cc32)C1. The predicted molar refractivity (Wildman–Crippen MR) is 80.6 cm³/mol. The molecule has 0 N–H and O–H groups in total. The standard InChI is InChI=1S/C16H19ClF2N2/c1-9-4-3-5-12(6-9)21-14-8-11(18)7-13(19)15(14)20-16(21)10(2)17/h7-10,12H,3-6H2,1-2H3. The highest BCUT2D eigenvalue weighted by molar-refractivity contribution is 6.20. The van der Waals surface area contributed by atoms with Crippen molar-refractivity contribution in [3.8, 4) is 0 Å². The van der Waals surface area contributed by atoms with E-state index in [1.54, 1.807) is 0 Å². The molecule has 1 aliphatic carbocycles. The Hall–Kier alpha value is -1.16. The maximum Gasteiger partial charge on any atom is 0.153 e. The van der Waals surface area contributed by atoms with Crippen molar-refractivity contribution in [2.24, 2.45) is 5.92 Å². The Morgan fingerprint density at radius 2 is 2.10 bits per heavy atom. The molecule has 1 fully saturated rings. The third-order valence-electron chi connectivity index (χ3n) is 4.37. The van der Waals surface area contributed by atoms with Crippen molar-refractivity contribution in [2.45, 2.75) is 50.9 Å². The monoisotopic (exact) mass is 312 g/mol. The van der Waals surface area contributed by atoms with E-state index < -0.39 is 11.6 Å². The number of rotatable bonds is 2. The summed E-state index contributed by atoms with van der Waals surface area (Å²) in [6.45, 7) is 4.04. The molecule has 3 atom stereocenters. The molecule has 114 valence electrons. The maximum atomic E-state index is 14.0. The highest BCUT2D eigenvalue weighted by atomic mass is 35.5. The van der Waals surface area contributed by atoms with E-state index in [1.165, 1.54) is 12.5 Å². The largest absolute Gasteiger partial charge is 0.323 e. The average molecular weight is 313 g/mol. The van der Waals surface area contributed by atoms with Crippen LogP contribution in [0.5, 0.6) is 0 Å². The molecule has 21 heavy (non-hydrogen) atoms. The lowest BCUT2D eigenvalue weighted by Crippen LogP contribution is -2.19. The van der Waals surface area contributed by atoms with Crippen LogP contribution < -0.4 is 0 Å². The smallest absolute Gasteiger partial charge is 0.153 e. The summed E-state index contributed by atoms with van der Waals surface area (Å²) in [6, 6.07) is 2.47. The zero-order valence-corrected chi connectivity index (χ0v) is 13.0. The second kappa shape index (κ2) is 5.56. The molecule has 1 heterocycles. The number of hydrogen-bond acceptors (Lipinski definition) is 1. The molecule has 3 rings (SSSR count). The van der Waals surface area contributed by atoms with E-state index in [1.807, 2.05) is 11.5 Å². The molecule has 5 heteroatoms. The first kappa shape index (κ1) is 14.8. The van der Waals surface area contributed by atoms with Crippen LogP contribution in [0, 0.1) is 17.6 Å². The van der Waals surface area contributed by atoms with Crippen LogP contribution in [0.25, 0.3) is 11.0 Å². The third kappa shape index (κ3) is 2.66.